The Kier molecular flexibility index (Phi) is 4.97. The smallest absolute Gasteiger partial charge is 0.235 e. The standard InChI is InChI=1S/C13H13ClN2O3S2/c1-9-15-6-11(20-9)7-16-13(17)8-21(18,19)12-4-2-10(14)3-5-12/h2-6H,7-8H2,1H3,(H,16,17). The van der Waals surface area contributed by atoms with Crippen LogP contribution in [0.1, 0.15) is 9.88 Å². The number of aryl methyl sites for hydroxylation is 1. The lowest BCUT2D eigenvalue weighted by atomic mass is 10.4. The number of nitrogens with zero attached hydrogens (tertiary/aromatic N) is 1. The van der Waals surface area contributed by atoms with Crippen molar-refractivity contribution in [2.45, 2.75) is 18.4 Å². The van der Waals surface area contributed by atoms with Crippen molar-refractivity contribution in [3.05, 3.63) is 45.4 Å². The van der Waals surface area contributed by atoms with Crippen LogP contribution in [0.15, 0.2) is 35.4 Å². The minimum atomic E-state index is -3.66. The van der Waals surface area contributed by atoms with Crippen molar-refractivity contribution in [1.82, 2.24) is 10.3 Å². The Morgan fingerprint density at radius 2 is 2.00 bits per heavy atom. The molecule has 0 saturated heterocycles. The molecule has 0 atom stereocenters. The minimum Gasteiger partial charge on any atom is -0.350 e. The lowest BCUT2D eigenvalue weighted by Crippen LogP contribution is -2.29. The van der Waals surface area contributed by atoms with E-state index in [1.54, 1.807) is 6.20 Å². The van der Waals surface area contributed by atoms with Gasteiger partial charge in [0.05, 0.1) is 16.4 Å². The average Bonchev–Trinajstić information content (AvgIpc) is 2.82. The monoisotopic (exact) mass is 344 g/mol. The van der Waals surface area contributed by atoms with Gasteiger partial charge in [0.1, 0.15) is 5.75 Å². The second-order valence-corrected chi connectivity index (χ2v) is 8.08. The molecular formula is C13H13ClN2O3S2. The highest BCUT2D eigenvalue weighted by atomic mass is 35.5. The summed E-state index contributed by atoms with van der Waals surface area (Å²) in [5.74, 6) is -1.14. The van der Waals surface area contributed by atoms with E-state index in [9.17, 15) is 13.2 Å². The van der Waals surface area contributed by atoms with Crippen LogP contribution in [0.4, 0.5) is 0 Å². The fourth-order valence-electron chi connectivity index (χ4n) is 1.62. The summed E-state index contributed by atoms with van der Waals surface area (Å²) in [7, 11) is -3.66. The van der Waals surface area contributed by atoms with Crippen LogP contribution in [0.2, 0.25) is 5.02 Å². The second kappa shape index (κ2) is 6.55. The molecular weight excluding hydrogens is 332 g/mol. The molecule has 0 aliphatic carbocycles. The maximum atomic E-state index is 12.1. The van der Waals surface area contributed by atoms with Gasteiger partial charge >= 0.3 is 0 Å². The molecule has 0 fully saturated rings. The molecule has 0 aliphatic heterocycles. The summed E-state index contributed by atoms with van der Waals surface area (Å²) in [6, 6.07) is 5.73. The normalized spacial score (nSPS) is 11.3. The van der Waals surface area contributed by atoms with Gasteiger partial charge in [0.15, 0.2) is 9.84 Å². The zero-order valence-corrected chi connectivity index (χ0v) is 13.6. The zero-order chi connectivity index (χ0) is 15.5. The molecule has 1 aromatic heterocycles. The summed E-state index contributed by atoms with van der Waals surface area (Å²) in [6.07, 6.45) is 1.66. The van der Waals surface area contributed by atoms with Crippen molar-refractivity contribution < 1.29 is 13.2 Å². The van der Waals surface area contributed by atoms with E-state index in [4.69, 9.17) is 11.6 Å². The molecule has 0 bridgehead atoms. The van der Waals surface area contributed by atoms with Crippen LogP contribution >= 0.6 is 22.9 Å². The zero-order valence-electron chi connectivity index (χ0n) is 11.2. The molecule has 21 heavy (non-hydrogen) atoms. The van der Waals surface area contributed by atoms with Crippen LogP contribution in [-0.2, 0) is 21.2 Å². The number of nitrogens with one attached hydrogen (secondary N) is 1. The molecule has 2 aromatic rings. The van der Waals surface area contributed by atoms with Crippen molar-refractivity contribution in [2.24, 2.45) is 0 Å². The van der Waals surface area contributed by atoms with Gasteiger partial charge in [-0.25, -0.2) is 13.4 Å². The van der Waals surface area contributed by atoms with Gasteiger partial charge in [0.25, 0.3) is 0 Å². The van der Waals surface area contributed by atoms with Crippen molar-refractivity contribution in [2.75, 3.05) is 5.75 Å². The van der Waals surface area contributed by atoms with E-state index in [-0.39, 0.29) is 11.4 Å². The van der Waals surface area contributed by atoms with E-state index in [1.807, 2.05) is 6.92 Å². The summed E-state index contributed by atoms with van der Waals surface area (Å²) in [5.41, 5.74) is 0. The number of hydrogen-bond donors (Lipinski definition) is 1. The van der Waals surface area contributed by atoms with Crippen LogP contribution < -0.4 is 5.32 Å². The molecule has 1 N–H and O–H groups in total. The SMILES string of the molecule is Cc1ncc(CNC(=O)CS(=O)(=O)c2ccc(Cl)cc2)s1. The molecule has 0 saturated carbocycles. The minimum absolute atomic E-state index is 0.0793. The quantitative estimate of drug-likeness (QED) is 0.902. The third kappa shape index (κ3) is 4.52. The van der Waals surface area contributed by atoms with Gasteiger partial charge in [-0.05, 0) is 31.2 Å². The molecule has 0 aliphatic rings. The van der Waals surface area contributed by atoms with Gasteiger partial charge in [-0.3, -0.25) is 4.79 Å². The van der Waals surface area contributed by atoms with E-state index in [2.05, 4.69) is 10.3 Å². The molecule has 0 unspecified atom stereocenters. The number of benzene rings is 1. The molecule has 1 amide bonds. The Bertz CT molecular complexity index is 739. The van der Waals surface area contributed by atoms with Crippen LogP contribution in [0, 0.1) is 6.92 Å². The number of hydrogen-bond acceptors (Lipinski definition) is 5. The molecule has 2 rings (SSSR count). The maximum absolute atomic E-state index is 12.1. The van der Waals surface area contributed by atoms with Crippen LogP contribution in [-0.4, -0.2) is 25.1 Å². The van der Waals surface area contributed by atoms with Gasteiger partial charge in [0, 0.05) is 16.1 Å². The number of carbonyl (C=O) groups excluding carboxylic acids is 1. The highest BCUT2D eigenvalue weighted by Gasteiger charge is 2.19. The first-order chi connectivity index (χ1) is 9.87. The van der Waals surface area contributed by atoms with Gasteiger partial charge in [-0.15, -0.1) is 11.3 Å². The number of rotatable bonds is 5. The number of carbonyl (C=O) groups is 1. The van der Waals surface area contributed by atoms with Gasteiger partial charge in [-0.2, -0.15) is 0 Å². The van der Waals surface area contributed by atoms with E-state index < -0.39 is 21.5 Å². The van der Waals surface area contributed by atoms with Crippen molar-refractivity contribution in [1.29, 1.82) is 0 Å². The highest BCUT2D eigenvalue weighted by molar-refractivity contribution is 7.92. The largest absolute Gasteiger partial charge is 0.350 e. The Labute approximate surface area is 131 Å². The van der Waals surface area contributed by atoms with E-state index in [1.165, 1.54) is 35.6 Å². The van der Waals surface area contributed by atoms with Crippen molar-refractivity contribution in [3.8, 4) is 0 Å². The average molecular weight is 345 g/mol. The van der Waals surface area contributed by atoms with Gasteiger partial charge in [-0.1, -0.05) is 11.6 Å². The second-order valence-electron chi connectivity index (χ2n) is 4.34. The third-order valence-electron chi connectivity index (χ3n) is 2.62. The number of sulfone groups is 1. The number of aromatic nitrogens is 1. The molecule has 5 nitrogen and oxygen atoms in total. The Morgan fingerprint density at radius 3 is 2.57 bits per heavy atom. The van der Waals surface area contributed by atoms with E-state index in [0.717, 1.165) is 9.88 Å². The third-order valence-corrected chi connectivity index (χ3v) is 5.42. The van der Waals surface area contributed by atoms with Crippen LogP contribution in [0.3, 0.4) is 0 Å². The highest BCUT2D eigenvalue weighted by Crippen LogP contribution is 2.15. The summed E-state index contributed by atoms with van der Waals surface area (Å²) < 4.78 is 24.1. The van der Waals surface area contributed by atoms with E-state index in [0.29, 0.717) is 5.02 Å². The fraction of sp³-hybridized carbons (Fsp3) is 0.231. The van der Waals surface area contributed by atoms with E-state index >= 15 is 0 Å². The van der Waals surface area contributed by atoms with Crippen LogP contribution in [0.25, 0.3) is 0 Å². The van der Waals surface area contributed by atoms with Crippen molar-refractivity contribution in [3.63, 3.8) is 0 Å². The molecule has 112 valence electrons. The fourth-order valence-corrected chi connectivity index (χ4v) is 3.65. The lowest BCUT2D eigenvalue weighted by molar-refractivity contribution is -0.118. The Hall–Kier alpha value is -1.44. The molecule has 0 spiro atoms. The molecule has 0 radical (unpaired) electrons. The number of halogens is 1. The predicted molar refractivity (Wildman–Crippen MR) is 82.2 cm³/mol. The molecule has 1 heterocycles. The summed E-state index contributed by atoms with van der Waals surface area (Å²) >= 11 is 7.16. The summed E-state index contributed by atoms with van der Waals surface area (Å²) in [5, 5.41) is 3.92. The first-order valence-corrected chi connectivity index (χ1v) is 8.88. The lowest BCUT2D eigenvalue weighted by Gasteiger charge is -2.05. The first-order valence-electron chi connectivity index (χ1n) is 6.03. The topological polar surface area (TPSA) is 76.1 Å². The van der Waals surface area contributed by atoms with Crippen molar-refractivity contribution >= 4 is 38.7 Å². The predicted octanol–water partition coefficient (Wildman–Crippen LogP) is 2.20. The first kappa shape index (κ1) is 15.9. The summed E-state index contributed by atoms with van der Waals surface area (Å²) in [6.45, 7) is 2.14. The van der Waals surface area contributed by atoms with Gasteiger partial charge in [0.2, 0.25) is 5.91 Å². The molecule has 1 aromatic carbocycles. The Morgan fingerprint density at radius 1 is 1.33 bits per heavy atom. The maximum Gasteiger partial charge on any atom is 0.235 e. The number of amides is 1. The van der Waals surface area contributed by atoms with Crippen LogP contribution in [0.5, 0.6) is 0 Å². The summed E-state index contributed by atoms with van der Waals surface area (Å²) in [4.78, 5) is 16.8. The van der Waals surface area contributed by atoms with Gasteiger partial charge < -0.3 is 5.32 Å². The Balaban J connectivity index is 1.96. The molecule has 8 heteroatoms. The number of thiazole rings is 1.